The Labute approximate surface area is 168 Å². The van der Waals surface area contributed by atoms with Crippen molar-refractivity contribution in [1.29, 1.82) is 0 Å². The largest absolute Gasteiger partial charge is 0.338 e. The summed E-state index contributed by atoms with van der Waals surface area (Å²) in [6.45, 7) is 3.05. The monoisotopic (exact) mass is 393 g/mol. The van der Waals surface area contributed by atoms with Crippen molar-refractivity contribution in [3.8, 4) is 11.4 Å². The van der Waals surface area contributed by atoms with Crippen LogP contribution in [0.15, 0.2) is 54.7 Å². The number of likely N-dealkylation sites (tertiary alicyclic amines) is 1. The molecule has 148 valence electrons. The van der Waals surface area contributed by atoms with Crippen LogP contribution >= 0.6 is 0 Å². The number of hydrogen-bond donors (Lipinski definition) is 0. The first kappa shape index (κ1) is 19.2. The molecular formula is C23H21F2N3O. The van der Waals surface area contributed by atoms with Crippen LogP contribution in [-0.2, 0) is 0 Å². The lowest BCUT2D eigenvalue weighted by Crippen LogP contribution is -2.39. The number of amides is 1. The molecule has 1 aromatic heterocycles. The normalized spacial score (nSPS) is 16.7. The van der Waals surface area contributed by atoms with Crippen LogP contribution in [0.2, 0.25) is 0 Å². The summed E-state index contributed by atoms with van der Waals surface area (Å²) in [5.74, 6) is -1.15. The van der Waals surface area contributed by atoms with Gasteiger partial charge in [-0.1, -0.05) is 29.8 Å². The summed E-state index contributed by atoms with van der Waals surface area (Å²) in [6.07, 6.45) is 3.43. The van der Waals surface area contributed by atoms with Gasteiger partial charge in [-0.15, -0.1) is 0 Å². The number of piperidine rings is 1. The number of carbonyl (C=O) groups excluding carboxylic acids is 1. The minimum Gasteiger partial charge on any atom is -0.338 e. The zero-order valence-electron chi connectivity index (χ0n) is 16.1. The first-order chi connectivity index (χ1) is 14.0. The topological polar surface area (TPSA) is 46.1 Å². The van der Waals surface area contributed by atoms with Crippen LogP contribution in [0.5, 0.6) is 0 Å². The molecule has 3 aromatic rings. The lowest BCUT2D eigenvalue weighted by molar-refractivity contribution is 0.0705. The van der Waals surface area contributed by atoms with Crippen molar-refractivity contribution in [3.05, 3.63) is 83.2 Å². The second-order valence-electron chi connectivity index (χ2n) is 7.42. The van der Waals surface area contributed by atoms with E-state index < -0.39 is 11.6 Å². The van der Waals surface area contributed by atoms with Gasteiger partial charge >= 0.3 is 0 Å². The molecule has 0 aliphatic carbocycles. The Morgan fingerprint density at radius 3 is 2.52 bits per heavy atom. The van der Waals surface area contributed by atoms with E-state index in [2.05, 4.69) is 4.98 Å². The zero-order chi connectivity index (χ0) is 20.4. The molecule has 0 N–H and O–H groups in total. The van der Waals surface area contributed by atoms with Crippen molar-refractivity contribution < 1.29 is 13.6 Å². The summed E-state index contributed by atoms with van der Waals surface area (Å²) in [5, 5.41) is 0. The molecular weight excluding hydrogens is 372 g/mol. The molecule has 0 radical (unpaired) electrons. The van der Waals surface area contributed by atoms with Gasteiger partial charge in [0.25, 0.3) is 5.91 Å². The van der Waals surface area contributed by atoms with Crippen LogP contribution in [0.25, 0.3) is 11.4 Å². The highest BCUT2D eigenvalue weighted by Gasteiger charge is 2.27. The molecule has 6 heteroatoms. The maximum absolute atomic E-state index is 13.5. The van der Waals surface area contributed by atoms with Crippen molar-refractivity contribution in [1.82, 2.24) is 14.9 Å². The molecule has 2 aromatic carbocycles. The van der Waals surface area contributed by atoms with Crippen LogP contribution in [0.3, 0.4) is 0 Å². The number of hydrogen-bond acceptors (Lipinski definition) is 3. The van der Waals surface area contributed by atoms with E-state index in [1.807, 2.05) is 37.3 Å². The standard InChI is InChI=1S/C23H21F2N3O/c1-15-4-6-16(7-5-15)22-26-9-8-21(27-22)17-3-2-10-28(14-17)23(29)18-11-19(24)13-20(25)12-18/h4-9,11-13,17H,2-3,10,14H2,1H3/t17-/m0/s1. The Morgan fingerprint density at radius 1 is 1.07 bits per heavy atom. The second-order valence-corrected chi connectivity index (χ2v) is 7.42. The molecule has 1 saturated heterocycles. The van der Waals surface area contributed by atoms with Crippen LogP contribution < -0.4 is 0 Å². The molecule has 29 heavy (non-hydrogen) atoms. The fraction of sp³-hybridized carbons (Fsp3) is 0.261. The van der Waals surface area contributed by atoms with E-state index >= 15 is 0 Å². The molecule has 1 fully saturated rings. The maximum Gasteiger partial charge on any atom is 0.254 e. The van der Waals surface area contributed by atoms with Crippen molar-refractivity contribution in [2.75, 3.05) is 13.1 Å². The molecule has 0 saturated carbocycles. The molecule has 1 aliphatic rings. The number of aromatic nitrogens is 2. The van der Waals surface area contributed by atoms with Crippen molar-refractivity contribution >= 4 is 5.91 Å². The minimum absolute atomic E-state index is 0.0335. The number of carbonyl (C=O) groups is 1. The fourth-order valence-electron chi connectivity index (χ4n) is 3.70. The predicted octanol–water partition coefficient (Wildman–Crippen LogP) is 4.75. The van der Waals surface area contributed by atoms with E-state index in [0.29, 0.717) is 18.9 Å². The Balaban J connectivity index is 1.55. The summed E-state index contributed by atoms with van der Waals surface area (Å²) >= 11 is 0. The molecule has 4 rings (SSSR count). The average Bonchev–Trinajstić information content (AvgIpc) is 2.73. The molecule has 0 bridgehead atoms. The highest BCUT2D eigenvalue weighted by atomic mass is 19.1. The van der Waals surface area contributed by atoms with Gasteiger partial charge in [0, 0.05) is 48.1 Å². The molecule has 1 atom stereocenters. The van der Waals surface area contributed by atoms with Crippen molar-refractivity contribution in [2.45, 2.75) is 25.7 Å². The van der Waals surface area contributed by atoms with Gasteiger partial charge in [-0.25, -0.2) is 18.7 Å². The summed E-state index contributed by atoms with van der Waals surface area (Å²) in [5.41, 5.74) is 3.02. The highest BCUT2D eigenvalue weighted by molar-refractivity contribution is 5.94. The summed E-state index contributed by atoms with van der Waals surface area (Å²) in [6, 6.07) is 12.8. The van der Waals surface area contributed by atoms with Gasteiger partial charge in [0.15, 0.2) is 5.82 Å². The van der Waals surface area contributed by atoms with E-state index in [0.717, 1.165) is 42.3 Å². The number of aryl methyl sites for hydroxylation is 1. The van der Waals surface area contributed by atoms with Gasteiger partial charge in [-0.3, -0.25) is 4.79 Å². The Bertz CT molecular complexity index is 1020. The van der Waals surface area contributed by atoms with Gasteiger partial charge in [0.05, 0.1) is 0 Å². The van der Waals surface area contributed by atoms with Gasteiger partial charge < -0.3 is 4.90 Å². The average molecular weight is 393 g/mol. The molecule has 0 spiro atoms. The van der Waals surface area contributed by atoms with Gasteiger partial charge in [0.2, 0.25) is 0 Å². The molecule has 1 amide bonds. The predicted molar refractivity (Wildman–Crippen MR) is 106 cm³/mol. The lowest BCUT2D eigenvalue weighted by Gasteiger charge is -2.32. The van der Waals surface area contributed by atoms with Gasteiger partial charge in [0.1, 0.15) is 11.6 Å². The van der Waals surface area contributed by atoms with Crippen LogP contribution in [0, 0.1) is 18.6 Å². The zero-order valence-corrected chi connectivity index (χ0v) is 16.1. The smallest absolute Gasteiger partial charge is 0.254 e. The van der Waals surface area contributed by atoms with Crippen molar-refractivity contribution in [2.24, 2.45) is 0 Å². The molecule has 0 unspecified atom stereocenters. The molecule has 1 aliphatic heterocycles. The first-order valence-electron chi connectivity index (χ1n) is 9.65. The summed E-state index contributed by atoms with van der Waals surface area (Å²) in [7, 11) is 0. The number of nitrogens with zero attached hydrogens (tertiary/aromatic N) is 3. The second kappa shape index (κ2) is 8.07. The Kier molecular flexibility index (Phi) is 5.34. The lowest BCUT2D eigenvalue weighted by atomic mass is 9.94. The van der Waals surface area contributed by atoms with Gasteiger partial charge in [-0.2, -0.15) is 0 Å². The number of benzene rings is 2. The third-order valence-electron chi connectivity index (χ3n) is 5.22. The van der Waals surface area contributed by atoms with E-state index in [9.17, 15) is 13.6 Å². The van der Waals surface area contributed by atoms with Crippen LogP contribution in [0.1, 0.15) is 40.4 Å². The first-order valence-corrected chi connectivity index (χ1v) is 9.65. The third-order valence-corrected chi connectivity index (χ3v) is 5.22. The van der Waals surface area contributed by atoms with E-state index in [4.69, 9.17) is 4.98 Å². The Hall–Kier alpha value is -3.15. The highest BCUT2D eigenvalue weighted by Crippen LogP contribution is 2.28. The number of rotatable bonds is 3. The fourth-order valence-corrected chi connectivity index (χ4v) is 3.70. The third kappa shape index (κ3) is 4.31. The van der Waals surface area contributed by atoms with Crippen molar-refractivity contribution in [3.63, 3.8) is 0 Å². The maximum atomic E-state index is 13.5. The van der Waals surface area contributed by atoms with Gasteiger partial charge in [-0.05, 0) is 38.0 Å². The van der Waals surface area contributed by atoms with Crippen LogP contribution in [0.4, 0.5) is 8.78 Å². The molecule has 4 nitrogen and oxygen atoms in total. The van der Waals surface area contributed by atoms with Crippen LogP contribution in [-0.4, -0.2) is 33.9 Å². The molecule has 2 heterocycles. The summed E-state index contributed by atoms with van der Waals surface area (Å²) in [4.78, 5) is 23.5. The SMILES string of the molecule is Cc1ccc(-c2nccc([C@H]3CCCN(C(=O)c4cc(F)cc(F)c4)C3)n2)cc1. The number of halogens is 2. The quantitative estimate of drug-likeness (QED) is 0.645. The van der Waals surface area contributed by atoms with E-state index in [1.54, 1.807) is 11.1 Å². The minimum atomic E-state index is -0.750. The summed E-state index contributed by atoms with van der Waals surface area (Å²) < 4.78 is 27.0. The van der Waals surface area contributed by atoms with E-state index in [-0.39, 0.29) is 17.4 Å². The van der Waals surface area contributed by atoms with E-state index in [1.165, 1.54) is 5.56 Å². The Morgan fingerprint density at radius 2 is 1.79 bits per heavy atom.